The average molecular weight is 191 g/mol. The van der Waals surface area contributed by atoms with Crippen molar-refractivity contribution in [1.29, 1.82) is 0 Å². The largest absolute Gasteiger partial charge is 0.477 e. The maximum absolute atomic E-state index is 10.6. The zero-order valence-corrected chi connectivity index (χ0v) is 6.91. The molecule has 2 heterocycles. The van der Waals surface area contributed by atoms with E-state index in [9.17, 15) is 4.79 Å². The van der Waals surface area contributed by atoms with Gasteiger partial charge in [-0.3, -0.25) is 0 Å². The summed E-state index contributed by atoms with van der Waals surface area (Å²) in [5, 5.41) is 12.2. The number of hydrogen-bond donors (Lipinski definition) is 1. The molecule has 1 N–H and O–H groups in total. The number of nitrogens with zero attached hydrogens (tertiary/aromatic N) is 3. The Morgan fingerprint density at radius 1 is 1.43 bits per heavy atom. The summed E-state index contributed by atoms with van der Waals surface area (Å²) in [5.41, 5.74) is 0.321. The maximum Gasteiger partial charge on any atom is 0.354 e. The van der Waals surface area contributed by atoms with E-state index in [4.69, 9.17) is 9.63 Å². The van der Waals surface area contributed by atoms with E-state index in [-0.39, 0.29) is 5.69 Å². The predicted octanol–water partition coefficient (Wildman–Crippen LogP) is 0.830. The lowest BCUT2D eigenvalue weighted by Gasteiger charge is -1.95. The first kappa shape index (κ1) is 8.36. The Labute approximate surface area is 78.2 Å². The van der Waals surface area contributed by atoms with E-state index in [0.717, 1.165) is 0 Å². The van der Waals surface area contributed by atoms with Crippen LogP contribution in [0.3, 0.4) is 0 Å². The van der Waals surface area contributed by atoms with Crippen molar-refractivity contribution in [3.8, 4) is 11.5 Å². The molecular weight excluding hydrogens is 186 g/mol. The summed E-state index contributed by atoms with van der Waals surface area (Å²) in [6, 6.07) is 2.91. The van der Waals surface area contributed by atoms with Gasteiger partial charge in [0.15, 0.2) is 11.5 Å². The van der Waals surface area contributed by atoms with Crippen molar-refractivity contribution in [1.82, 2.24) is 15.1 Å². The van der Waals surface area contributed by atoms with E-state index in [1.54, 1.807) is 6.07 Å². The van der Waals surface area contributed by atoms with Gasteiger partial charge in [0.05, 0.1) is 6.20 Å². The van der Waals surface area contributed by atoms with Gasteiger partial charge in [0.2, 0.25) is 0 Å². The van der Waals surface area contributed by atoms with E-state index in [1.165, 1.54) is 18.6 Å². The van der Waals surface area contributed by atoms with Gasteiger partial charge < -0.3 is 9.63 Å². The van der Waals surface area contributed by atoms with E-state index in [0.29, 0.717) is 11.5 Å². The van der Waals surface area contributed by atoms with Crippen LogP contribution in [-0.4, -0.2) is 26.2 Å². The zero-order valence-electron chi connectivity index (χ0n) is 6.91. The molecule has 70 valence electrons. The second-order valence-corrected chi connectivity index (χ2v) is 2.47. The van der Waals surface area contributed by atoms with Crippen LogP contribution in [0.25, 0.3) is 11.5 Å². The Morgan fingerprint density at radius 3 is 2.93 bits per heavy atom. The predicted molar refractivity (Wildman–Crippen MR) is 44.5 cm³/mol. The molecule has 0 bridgehead atoms. The van der Waals surface area contributed by atoms with Crippen LogP contribution in [0.5, 0.6) is 0 Å². The lowest BCUT2D eigenvalue weighted by Crippen LogP contribution is -2.00. The molecule has 0 radical (unpaired) electrons. The summed E-state index contributed by atoms with van der Waals surface area (Å²) in [6.07, 6.45) is 2.62. The quantitative estimate of drug-likeness (QED) is 0.756. The summed E-state index contributed by atoms with van der Waals surface area (Å²) in [7, 11) is 0. The molecule has 0 atom stereocenters. The lowest BCUT2D eigenvalue weighted by atomic mass is 10.3. The topological polar surface area (TPSA) is 89.1 Å². The fraction of sp³-hybridized carbons (Fsp3) is 0. The first-order chi connectivity index (χ1) is 6.77. The van der Waals surface area contributed by atoms with E-state index in [1.807, 2.05) is 0 Å². The molecule has 2 aromatic rings. The highest BCUT2D eigenvalue weighted by molar-refractivity contribution is 5.86. The number of rotatable bonds is 2. The van der Waals surface area contributed by atoms with Gasteiger partial charge in [-0.2, -0.15) is 0 Å². The maximum atomic E-state index is 10.6. The normalized spacial score (nSPS) is 10.0. The molecule has 0 saturated heterocycles. The first-order valence-corrected chi connectivity index (χ1v) is 3.74. The summed E-state index contributed by atoms with van der Waals surface area (Å²) in [4.78, 5) is 18.0. The first-order valence-electron chi connectivity index (χ1n) is 3.74. The van der Waals surface area contributed by atoms with Crippen molar-refractivity contribution < 1.29 is 14.4 Å². The summed E-state index contributed by atoms with van der Waals surface area (Å²) < 4.78 is 4.82. The molecule has 0 aromatic carbocycles. The molecule has 0 spiro atoms. The number of carbonyl (C=O) groups is 1. The minimum Gasteiger partial charge on any atom is -0.477 e. The monoisotopic (exact) mass is 191 g/mol. The van der Waals surface area contributed by atoms with Gasteiger partial charge in [-0.05, 0) is 0 Å². The summed E-state index contributed by atoms with van der Waals surface area (Å²) in [6.45, 7) is 0. The summed E-state index contributed by atoms with van der Waals surface area (Å²) in [5.74, 6) is -0.692. The van der Waals surface area contributed by atoms with Crippen molar-refractivity contribution in [3.63, 3.8) is 0 Å². The third kappa shape index (κ3) is 1.45. The Balaban J connectivity index is 2.46. The Hall–Kier alpha value is -2.24. The minimum absolute atomic E-state index is 0.0774. The van der Waals surface area contributed by atoms with Crippen LogP contribution in [0, 0.1) is 0 Å². The van der Waals surface area contributed by atoms with Crippen LogP contribution >= 0.6 is 0 Å². The average Bonchev–Trinajstić information content (AvgIpc) is 2.71. The highest BCUT2D eigenvalue weighted by Crippen LogP contribution is 2.15. The van der Waals surface area contributed by atoms with E-state index >= 15 is 0 Å². The number of carboxylic acid groups (broad SMARTS) is 1. The molecule has 0 fully saturated rings. The van der Waals surface area contributed by atoms with Gasteiger partial charge >= 0.3 is 5.97 Å². The molecule has 0 aliphatic rings. The van der Waals surface area contributed by atoms with Gasteiger partial charge in [-0.15, -0.1) is 0 Å². The van der Waals surface area contributed by atoms with Crippen LogP contribution < -0.4 is 0 Å². The molecular formula is C8H5N3O3. The molecule has 0 aliphatic carbocycles. The van der Waals surface area contributed by atoms with Crippen molar-refractivity contribution in [2.45, 2.75) is 0 Å². The van der Waals surface area contributed by atoms with Crippen LogP contribution in [-0.2, 0) is 0 Å². The van der Waals surface area contributed by atoms with E-state index in [2.05, 4.69) is 15.1 Å². The van der Waals surface area contributed by atoms with Crippen LogP contribution in [0.15, 0.2) is 29.2 Å². The fourth-order valence-electron chi connectivity index (χ4n) is 0.957. The third-order valence-corrected chi connectivity index (χ3v) is 1.58. The van der Waals surface area contributed by atoms with Crippen molar-refractivity contribution >= 4 is 5.97 Å². The fourth-order valence-corrected chi connectivity index (χ4v) is 0.957. The van der Waals surface area contributed by atoms with Gasteiger partial charge in [-0.1, -0.05) is 5.16 Å². The van der Waals surface area contributed by atoms with Crippen molar-refractivity contribution in [2.24, 2.45) is 0 Å². The third-order valence-electron chi connectivity index (χ3n) is 1.58. The molecule has 2 aromatic heterocycles. The molecule has 6 heteroatoms. The number of aromatic nitrogens is 3. The second kappa shape index (κ2) is 3.25. The lowest BCUT2D eigenvalue weighted by molar-refractivity contribution is 0.0690. The highest BCUT2D eigenvalue weighted by atomic mass is 16.5. The second-order valence-electron chi connectivity index (χ2n) is 2.47. The molecule has 0 unspecified atom stereocenters. The molecule has 14 heavy (non-hydrogen) atoms. The molecule has 0 amide bonds. The van der Waals surface area contributed by atoms with Crippen LogP contribution in [0.2, 0.25) is 0 Å². The Kier molecular flexibility index (Phi) is 1.94. The van der Waals surface area contributed by atoms with Crippen molar-refractivity contribution in [3.05, 3.63) is 30.4 Å². The Morgan fingerprint density at radius 2 is 2.29 bits per heavy atom. The van der Waals surface area contributed by atoms with Crippen LogP contribution in [0.4, 0.5) is 0 Å². The number of aromatic carboxylic acids is 1. The standard InChI is InChI=1S/C8H5N3O3/c12-8(13)6-3-5(9-4-10-6)7-1-2-11-14-7/h1-4H,(H,12,13). The van der Waals surface area contributed by atoms with Crippen LogP contribution in [0.1, 0.15) is 10.5 Å². The van der Waals surface area contributed by atoms with Gasteiger partial charge in [-0.25, -0.2) is 14.8 Å². The SMILES string of the molecule is O=C(O)c1cc(-c2ccno2)ncn1. The van der Waals surface area contributed by atoms with Gasteiger partial charge in [0, 0.05) is 12.1 Å². The zero-order chi connectivity index (χ0) is 9.97. The molecule has 2 rings (SSSR count). The molecule has 6 nitrogen and oxygen atoms in total. The molecule has 0 aliphatic heterocycles. The Bertz CT molecular complexity index is 453. The summed E-state index contributed by atoms with van der Waals surface area (Å²) >= 11 is 0. The van der Waals surface area contributed by atoms with Crippen molar-refractivity contribution in [2.75, 3.05) is 0 Å². The smallest absolute Gasteiger partial charge is 0.354 e. The van der Waals surface area contributed by atoms with Gasteiger partial charge in [0.1, 0.15) is 12.0 Å². The van der Waals surface area contributed by atoms with E-state index < -0.39 is 5.97 Å². The number of hydrogen-bond acceptors (Lipinski definition) is 5. The highest BCUT2D eigenvalue weighted by Gasteiger charge is 2.09. The van der Waals surface area contributed by atoms with Gasteiger partial charge in [0.25, 0.3) is 0 Å². The molecule has 0 saturated carbocycles. The number of carboxylic acids is 1. The minimum atomic E-state index is -1.10.